The maximum atomic E-state index is 12.8. The Bertz CT molecular complexity index is 1110. The molecule has 2 heterocycles. The molecule has 8 heteroatoms. The van der Waals surface area contributed by atoms with Crippen LogP contribution >= 0.6 is 0 Å². The molecular weight excluding hydrogens is 406 g/mol. The van der Waals surface area contributed by atoms with Crippen LogP contribution in [0, 0.1) is 12.8 Å². The standard InChI is InChI=1S/C24H27N5O3/c1-16-6-3-7-18(12-16)23-27-22(32-28-23)15-29-11-5-8-19(14-29)24(31)26-21-10-4-9-20(13-21)25-17(2)30/h3-4,6-7,9-10,12-13,19H,5,8,11,14-15H2,1-2H3,(H,25,30)(H,26,31). The second-order valence-electron chi connectivity index (χ2n) is 8.21. The second kappa shape index (κ2) is 9.74. The van der Waals surface area contributed by atoms with Crippen LogP contribution in [0.25, 0.3) is 11.4 Å². The summed E-state index contributed by atoms with van der Waals surface area (Å²) in [5.41, 5.74) is 3.39. The predicted molar refractivity (Wildman–Crippen MR) is 122 cm³/mol. The van der Waals surface area contributed by atoms with Crippen LogP contribution in [0.4, 0.5) is 11.4 Å². The summed E-state index contributed by atoms with van der Waals surface area (Å²) in [7, 11) is 0. The van der Waals surface area contributed by atoms with E-state index in [2.05, 4.69) is 25.7 Å². The van der Waals surface area contributed by atoms with Crippen LogP contribution in [-0.4, -0.2) is 39.9 Å². The van der Waals surface area contributed by atoms with Gasteiger partial charge < -0.3 is 15.2 Å². The van der Waals surface area contributed by atoms with Crippen molar-refractivity contribution in [1.82, 2.24) is 15.0 Å². The minimum absolute atomic E-state index is 0.0272. The smallest absolute Gasteiger partial charge is 0.241 e. The summed E-state index contributed by atoms with van der Waals surface area (Å²) in [6.07, 6.45) is 1.75. The number of piperidine rings is 1. The van der Waals surface area contributed by atoms with E-state index in [1.165, 1.54) is 6.92 Å². The molecule has 2 aromatic carbocycles. The van der Waals surface area contributed by atoms with Gasteiger partial charge >= 0.3 is 0 Å². The van der Waals surface area contributed by atoms with Gasteiger partial charge in [-0.2, -0.15) is 4.98 Å². The average Bonchev–Trinajstić information content (AvgIpc) is 3.22. The van der Waals surface area contributed by atoms with Crippen molar-refractivity contribution in [2.45, 2.75) is 33.2 Å². The van der Waals surface area contributed by atoms with Crippen molar-refractivity contribution >= 4 is 23.2 Å². The van der Waals surface area contributed by atoms with Gasteiger partial charge in [0.2, 0.25) is 23.5 Å². The SMILES string of the molecule is CC(=O)Nc1cccc(NC(=O)C2CCCN(Cc3nc(-c4cccc(C)c4)no3)C2)c1. The minimum Gasteiger partial charge on any atom is -0.338 e. The highest BCUT2D eigenvalue weighted by molar-refractivity contribution is 5.94. The second-order valence-corrected chi connectivity index (χ2v) is 8.21. The highest BCUT2D eigenvalue weighted by Gasteiger charge is 2.27. The van der Waals surface area contributed by atoms with Crippen LogP contribution in [-0.2, 0) is 16.1 Å². The van der Waals surface area contributed by atoms with E-state index >= 15 is 0 Å². The molecule has 1 saturated heterocycles. The molecule has 4 rings (SSSR count). The van der Waals surface area contributed by atoms with Gasteiger partial charge in [0.25, 0.3) is 0 Å². The topological polar surface area (TPSA) is 100 Å². The van der Waals surface area contributed by atoms with Crippen molar-refractivity contribution < 1.29 is 14.1 Å². The van der Waals surface area contributed by atoms with Crippen LogP contribution in [0.5, 0.6) is 0 Å². The number of anilines is 2. The largest absolute Gasteiger partial charge is 0.338 e. The molecule has 32 heavy (non-hydrogen) atoms. The van der Waals surface area contributed by atoms with Gasteiger partial charge in [0.05, 0.1) is 12.5 Å². The molecule has 1 fully saturated rings. The molecule has 8 nitrogen and oxygen atoms in total. The number of carbonyl (C=O) groups excluding carboxylic acids is 2. The van der Waals surface area contributed by atoms with E-state index in [0.717, 1.165) is 30.5 Å². The summed E-state index contributed by atoms with van der Waals surface area (Å²) in [4.78, 5) is 30.8. The maximum absolute atomic E-state index is 12.8. The molecule has 3 aromatic rings. The molecule has 0 saturated carbocycles. The Labute approximate surface area is 187 Å². The van der Waals surface area contributed by atoms with Gasteiger partial charge in [0.1, 0.15) is 0 Å². The number of likely N-dealkylation sites (tertiary alicyclic amines) is 1. The van der Waals surface area contributed by atoms with E-state index in [0.29, 0.717) is 36.2 Å². The van der Waals surface area contributed by atoms with Crippen molar-refractivity contribution in [3.05, 3.63) is 60.0 Å². The number of nitrogens with one attached hydrogen (secondary N) is 2. The Morgan fingerprint density at radius 2 is 1.91 bits per heavy atom. The number of rotatable bonds is 6. The number of aryl methyl sites for hydroxylation is 1. The summed E-state index contributed by atoms with van der Waals surface area (Å²) in [6, 6.07) is 15.1. The zero-order valence-corrected chi connectivity index (χ0v) is 18.3. The van der Waals surface area contributed by atoms with E-state index in [1.807, 2.05) is 37.3 Å². The number of nitrogens with zero attached hydrogens (tertiary/aromatic N) is 3. The Hall–Kier alpha value is -3.52. The fraction of sp³-hybridized carbons (Fsp3) is 0.333. The summed E-state index contributed by atoms with van der Waals surface area (Å²) >= 11 is 0. The van der Waals surface area contributed by atoms with Crippen molar-refractivity contribution in [3.8, 4) is 11.4 Å². The van der Waals surface area contributed by atoms with Crippen LogP contribution in [0.3, 0.4) is 0 Å². The van der Waals surface area contributed by atoms with E-state index in [9.17, 15) is 9.59 Å². The number of amides is 2. The lowest BCUT2D eigenvalue weighted by molar-refractivity contribution is -0.121. The van der Waals surface area contributed by atoms with Gasteiger partial charge in [0.15, 0.2) is 0 Å². The van der Waals surface area contributed by atoms with Gasteiger partial charge in [0, 0.05) is 30.4 Å². The lowest BCUT2D eigenvalue weighted by Crippen LogP contribution is -2.40. The fourth-order valence-corrected chi connectivity index (χ4v) is 3.95. The molecule has 2 N–H and O–H groups in total. The number of hydrogen-bond donors (Lipinski definition) is 2. The first-order valence-electron chi connectivity index (χ1n) is 10.8. The van der Waals surface area contributed by atoms with Gasteiger partial charge in [-0.05, 0) is 50.6 Å². The minimum atomic E-state index is -0.150. The van der Waals surface area contributed by atoms with E-state index in [4.69, 9.17) is 4.52 Å². The Balaban J connectivity index is 1.35. The number of benzene rings is 2. The Kier molecular flexibility index (Phi) is 6.61. The molecule has 1 unspecified atom stereocenters. The molecule has 166 valence electrons. The summed E-state index contributed by atoms with van der Waals surface area (Å²) in [6.45, 7) is 5.50. The molecule has 1 atom stereocenters. The molecule has 0 spiro atoms. The number of carbonyl (C=O) groups is 2. The molecule has 0 bridgehead atoms. The summed E-state index contributed by atoms with van der Waals surface area (Å²) in [5.74, 6) is 0.815. The third kappa shape index (κ3) is 5.59. The monoisotopic (exact) mass is 433 g/mol. The average molecular weight is 434 g/mol. The van der Waals surface area contributed by atoms with Gasteiger partial charge in [-0.1, -0.05) is 35.0 Å². The summed E-state index contributed by atoms with van der Waals surface area (Å²) < 4.78 is 5.46. The van der Waals surface area contributed by atoms with Crippen molar-refractivity contribution in [2.24, 2.45) is 5.92 Å². The molecule has 2 amide bonds. The quantitative estimate of drug-likeness (QED) is 0.612. The van der Waals surface area contributed by atoms with E-state index in [-0.39, 0.29) is 17.7 Å². The van der Waals surface area contributed by atoms with Crippen LogP contribution in [0.15, 0.2) is 53.1 Å². The Morgan fingerprint density at radius 3 is 2.69 bits per heavy atom. The third-order valence-corrected chi connectivity index (χ3v) is 5.43. The molecular formula is C24H27N5O3. The maximum Gasteiger partial charge on any atom is 0.241 e. The zero-order valence-electron chi connectivity index (χ0n) is 18.3. The lowest BCUT2D eigenvalue weighted by atomic mass is 9.97. The number of aromatic nitrogens is 2. The predicted octanol–water partition coefficient (Wildman–Crippen LogP) is 3.85. The Morgan fingerprint density at radius 1 is 1.12 bits per heavy atom. The molecule has 0 aliphatic carbocycles. The van der Waals surface area contributed by atoms with E-state index < -0.39 is 0 Å². The van der Waals surface area contributed by atoms with E-state index in [1.54, 1.807) is 18.2 Å². The van der Waals surface area contributed by atoms with Crippen LogP contribution < -0.4 is 10.6 Å². The normalized spacial score (nSPS) is 16.5. The first-order chi connectivity index (χ1) is 15.5. The lowest BCUT2D eigenvalue weighted by Gasteiger charge is -2.30. The molecule has 0 radical (unpaired) electrons. The van der Waals surface area contributed by atoms with Crippen molar-refractivity contribution in [2.75, 3.05) is 23.7 Å². The first-order valence-corrected chi connectivity index (χ1v) is 10.8. The zero-order chi connectivity index (χ0) is 22.5. The molecule has 1 aromatic heterocycles. The molecule has 1 aliphatic heterocycles. The van der Waals surface area contributed by atoms with Crippen molar-refractivity contribution in [1.29, 1.82) is 0 Å². The van der Waals surface area contributed by atoms with Crippen molar-refractivity contribution in [3.63, 3.8) is 0 Å². The van der Waals surface area contributed by atoms with Crippen LogP contribution in [0.1, 0.15) is 31.2 Å². The fourth-order valence-electron chi connectivity index (χ4n) is 3.95. The molecule has 1 aliphatic rings. The third-order valence-electron chi connectivity index (χ3n) is 5.43. The summed E-state index contributed by atoms with van der Waals surface area (Å²) in [5, 5.41) is 9.81. The van der Waals surface area contributed by atoms with Gasteiger partial charge in [-0.15, -0.1) is 0 Å². The van der Waals surface area contributed by atoms with Gasteiger partial charge in [-0.3, -0.25) is 14.5 Å². The van der Waals surface area contributed by atoms with Gasteiger partial charge in [-0.25, -0.2) is 0 Å². The first kappa shape index (κ1) is 21.7. The highest BCUT2D eigenvalue weighted by atomic mass is 16.5. The van der Waals surface area contributed by atoms with Crippen LogP contribution in [0.2, 0.25) is 0 Å². The number of hydrogen-bond acceptors (Lipinski definition) is 6. The highest BCUT2D eigenvalue weighted by Crippen LogP contribution is 2.23.